The molecular weight excluding hydrogens is 295 g/mol. The van der Waals surface area contributed by atoms with Crippen LogP contribution in [0.4, 0.5) is 13.2 Å². The van der Waals surface area contributed by atoms with Crippen molar-refractivity contribution < 1.29 is 17.9 Å². The summed E-state index contributed by atoms with van der Waals surface area (Å²) in [5.41, 5.74) is 0. The van der Waals surface area contributed by atoms with Crippen LogP contribution < -0.4 is 5.32 Å². The van der Waals surface area contributed by atoms with E-state index in [9.17, 15) is 13.2 Å². The molecule has 0 spiro atoms. The Labute approximate surface area is 97.6 Å². The number of rotatable bonds is 5. The van der Waals surface area contributed by atoms with Crippen molar-refractivity contribution in [3.63, 3.8) is 0 Å². The molecule has 0 aliphatic heterocycles. The molecule has 7 heteroatoms. The SMILES string of the molecule is FC(F)(F)OCCNCc1ccc(Br)s1. The Morgan fingerprint density at radius 2 is 2.13 bits per heavy atom. The molecule has 0 bridgehead atoms. The molecule has 86 valence electrons. The number of nitrogens with one attached hydrogen (secondary N) is 1. The fourth-order valence-electron chi connectivity index (χ4n) is 0.897. The zero-order valence-electron chi connectivity index (χ0n) is 7.60. The number of hydrogen-bond acceptors (Lipinski definition) is 3. The van der Waals surface area contributed by atoms with E-state index in [1.807, 2.05) is 12.1 Å². The lowest BCUT2D eigenvalue weighted by Crippen LogP contribution is -2.23. The van der Waals surface area contributed by atoms with Gasteiger partial charge in [0.2, 0.25) is 0 Å². The van der Waals surface area contributed by atoms with Crippen LogP contribution in [-0.4, -0.2) is 19.5 Å². The summed E-state index contributed by atoms with van der Waals surface area (Å²) in [5.74, 6) is 0. The van der Waals surface area contributed by atoms with E-state index in [4.69, 9.17) is 0 Å². The van der Waals surface area contributed by atoms with Crippen LogP contribution in [0.3, 0.4) is 0 Å². The third-order valence-corrected chi connectivity index (χ3v) is 3.10. The van der Waals surface area contributed by atoms with Crippen molar-refractivity contribution in [3.05, 3.63) is 20.8 Å². The van der Waals surface area contributed by atoms with Crippen molar-refractivity contribution in [1.82, 2.24) is 5.32 Å². The second kappa shape index (κ2) is 5.83. The van der Waals surface area contributed by atoms with Gasteiger partial charge in [-0.2, -0.15) is 0 Å². The highest BCUT2D eigenvalue weighted by molar-refractivity contribution is 9.11. The molecule has 15 heavy (non-hydrogen) atoms. The van der Waals surface area contributed by atoms with E-state index in [0.717, 1.165) is 8.66 Å². The maximum Gasteiger partial charge on any atom is 0.522 e. The second-order valence-corrected chi connectivity index (χ2v) is 5.22. The Morgan fingerprint density at radius 1 is 1.40 bits per heavy atom. The van der Waals surface area contributed by atoms with Gasteiger partial charge in [-0.15, -0.1) is 24.5 Å². The molecule has 0 unspecified atom stereocenters. The molecule has 0 aliphatic rings. The highest BCUT2D eigenvalue weighted by Crippen LogP contribution is 2.21. The predicted molar refractivity (Wildman–Crippen MR) is 55.7 cm³/mol. The van der Waals surface area contributed by atoms with Gasteiger partial charge in [-0.05, 0) is 28.1 Å². The fourth-order valence-corrected chi connectivity index (χ4v) is 2.35. The quantitative estimate of drug-likeness (QED) is 0.844. The van der Waals surface area contributed by atoms with Gasteiger partial charge >= 0.3 is 6.36 Å². The first-order chi connectivity index (χ1) is 6.97. The summed E-state index contributed by atoms with van der Waals surface area (Å²) in [6.45, 7) is 0.364. The fraction of sp³-hybridized carbons (Fsp3) is 0.500. The van der Waals surface area contributed by atoms with Gasteiger partial charge in [0.25, 0.3) is 0 Å². The molecule has 1 aromatic heterocycles. The summed E-state index contributed by atoms with van der Waals surface area (Å²) >= 11 is 4.84. The second-order valence-electron chi connectivity index (χ2n) is 2.68. The van der Waals surface area contributed by atoms with Crippen LogP contribution in [0.15, 0.2) is 15.9 Å². The maximum absolute atomic E-state index is 11.6. The largest absolute Gasteiger partial charge is 0.522 e. The lowest BCUT2D eigenvalue weighted by molar-refractivity contribution is -0.323. The first kappa shape index (κ1) is 13.0. The molecule has 1 aromatic rings. The standard InChI is InChI=1S/C8H9BrF3NOS/c9-7-2-1-6(15-7)5-13-3-4-14-8(10,11)12/h1-2,13H,3-5H2. The molecule has 0 aliphatic carbocycles. The van der Waals surface area contributed by atoms with Crippen molar-refractivity contribution >= 4 is 27.3 Å². The normalized spacial score (nSPS) is 12.0. The van der Waals surface area contributed by atoms with Crippen molar-refractivity contribution in [3.8, 4) is 0 Å². The third kappa shape index (κ3) is 6.14. The van der Waals surface area contributed by atoms with Gasteiger partial charge in [-0.3, -0.25) is 4.74 Å². The van der Waals surface area contributed by atoms with Gasteiger partial charge in [0.05, 0.1) is 10.4 Å². The lowest BCUT2D eigenvalue weighted by atomic mass is 10.4. The van der Waals surface area contributed by atoms with E-state index in [2.05, 4.69) is 26.0 Å². The van der Waals surface area contributed by atoms with Crippen LogP contribution in [0, 0.1) is 0 Å². The van der Waals surface area contributed by atoms with Crippen LogP contribution in [0.1, 0.15) is 4.88 Å². The molecule has 0 saturated carbocycles. The molecule has 0 fully saturated rings. The Hall–Kier alpha value is -0.110. The Morgan fingerprint density at radius 3 is 2.67 bits per heavy atom. The molecule has 0 aromatic carbocycles. The van der Waals surface area contributed by atoms with Gasteiger partial charge in [-0.1, -0.05) is 0 Å². The minimum absolute atomic E-state index is 0.176. The Bertz CT molecular complexity index is 302. The smallest absolute Gasteiger partial charge is 0.310 e. The molecule has 0 radical (unpaired) electrons. The number of halogens is 4. The molecule has 1 heterocycles. The predicted octanol–water partition coefficient (Wildman–Crippen LogP) is 3.14. The number of alkyl halides is 3. The van der Waals surface area contributed by atoms with E-state index in [-0.39, 0.29) is 13.2 Å². The number of hydrogen-bond donors (Lipinski definition) is 1. The molecule has 0 saturated heterocycles. The van der Waals surface area contributed by atoms with E-state index in [0.29, 0.717) is 6.54 Å². The van der Waals surface area contributed by atoms with Crippen LogP contribution in [0.25, 0.3) is 0 Å². The van der Waals surface area contributed by atoms with Gasteiger partial charge in [0.1, 0.15) is 0 Å². The Kier molecular flexibility index (Phi) is 5.04. The van der Waals surface area contributed by atoms with Crippen molar-refractivity contribution in [2.75, 3.05) is 13.2 Å². The average molecular weight is 304 g/mol. The highest BCUT2D eigenvalue weighted by atomic mass is 79.9. The summed E-state index contributed by atoms with van der Waals surface area (Å²) in [5, 5.41) is 2.85. The van der Waals surface area contributed by atoms with E-state index >= 15 is 0 Å². The zero-order valence-corrected chi connectivity index (χ0v) is 10.0. The van der Waals surface area contributed by atoms with Crippen LogP contribution in [0.2, 0.25) is 0 Å². The van der Waals surface area contributed by atoms with Gasteiger partial charge in [0, 0.05) is 18.0 Å². The number of ether oxygens (including phenoxy) is 1. The van der Waals surface area contributed by atoms with Gasteiger partial charge in [-0.25, -0.2) is 0 Å². The van der Waals surface area contributed by atoms with Crippen LogP contribution in [-0.2, 0) is 11.3 Å². The maximum atomic E-state index is 11.6. The summed E-state index contributed by atoms with van der Waals surface area (Å²) in [7, 11) is 0. The van der Waals surface area contributed by atoms with Crippen molar-refractivity contribution in [1.29, 1.82) is 0 Å². The summed E-state index contributed by atoms with van der Waals surface area (Å²) < 4.78 is 39.3. The monoisotopic (exact) mass is 303 g/mol. The van der Waals surface area contributed by atoms with Crippen LogP contribution >= 0.6 is 27.3 Å². The molecular formula is C8H9BrF3NOS. The molecule has 0 amide bonds. The van der Waals surface area contributed by atoms with Crippen LogP contribution in [0.5, 0.6) is 0 Å². The summed E-state index contributed by atoms with van der Waals surface area (Å²) in [6.07, 6.45) is -4.53. The highest BCUT2D eigenvalue weighted by Gasteiger charge is 2.28. The number of thiophene rings is 1. The minimum Gasteiger partial charge on any atom is -0.310 e. The first-order valence-corrected chi connectivity index (χ1v) is 5.74. The topological polar surface area (TPSA) is 21.3 Å². The Balaban J connectivity index is 2.07. The summed E-state index contributed by atoms with van der Waals surface area (Å²) in [6, 6.07) is 3.81. The van der Waals surface area contributed by atoms with E-state index < -0.39 is 6.36 Å². The molecule has 1 rings (SSSR count). The van der Waals surface area contributed by atoms with E-state index in [1.165, 1.54) is 0 Å². The molecule has 1 N–H and O–H groups in total. The van der Waals surface area contributed by atoms with Crippen molar-refractivity contribution in [2.45, 2.75) is 12.9 Å². The average Bonchev–Trinajstić information content (AvgIpc) is 2.49. The minimum atomic E-state index is -4.53. The van der Waals surface area contributed by atoms with Gasteiger partial charge < -0.3 is 5.32 Å². The van der Waals surface area contributed by atoms with E-state index in [1.54, 1.807) is 11.3 Å². The van der Waals surface area contributed by atoms with Crippen molar-refractivity contribution in [2.24, 2.45) is 0 Å². The molecule has 2 nitrogen and oxygen atoms in total. The first-order valence-electron chi connectivity index (χ1n) is 4.13. The summed E-state index contributed by atoms with van der Waals surface area (Å²) in [4.78, 5) is 1.06. The zero-order chi connectivity index (χ0) is 11.3. The lowest BCUT2D eigenvalue weighted by Gasteiger charge is -2.07. The molecule has 0 atom stereocenters. The van der Waals surface area contributed by atoms with Gasteiger partial charge in [0.15, 0.2) is 0 Å². The third-order valence-electron chi connectivity index (χ3n) is 1.47.